The molecule has 1 aromatic carbocycles. The largest absolute Gasteiger partial charge is 0.368 e. The molecule has 1 aliphatic rings. The van der Waals surface area contributed by atoms with Crippen LogP contribution in [-0.4, -0.2) is 45.2 Å². The molecule has 0 atom stereocenters. The maximum Gasteiger partial charge on any atom is 0.211 e. The fraction of sp³-hybridized carbons (Fsp3) is 0.500. The molecule has 0 saturated carbocycles. The van der Waals surface area contributed by atoms with Gasteiger partial charge in [0.05, 0.1) is 17.0 Å². The molecule has 106 valence electrons. The van der Waals surface area contributed by atoms with Crippen LogP contribution in [0.2, 0.25) is 5.02 Å². The second kappa shape index (κ2) is 5.99. The fourth-order valence-corrected chi connectivity index (χ4v) is 3.65. The first kappa shape index (κ1) is 15.1. The number of anilines is 1. The summed E-state index contributed by atoms with van der Waals surface area (Å²) in [5, 5.41) is 1.49. The Bertz CT molecular complexity index is 557. The Morgan fingerprint density at radius 2 is 1.89 bits per heavy atom. The number of halogens is 2. The fourth-order valence-electron chi connectivity index (χ4n) is 2.15. The zero-order chi connectivity index (χ0) is 14.0. The van der Waals surface area contributed by atoms with Crippen molar-refractivity contribution in [2.45, 2.75) is 5.33 Å². The summed E-state index contributed by atoms with van der Waals surface area (Å²) in [6.45, 7) is 2.35. The number of rotatable bonds is 3. The van der Waals surface area contributed by atoms with E-state index in [4.69, 9.17) is 11.6 Å². The van der Waals surface area contributed by atoms with E-state index in [0.717, 1.165) is 16.6 Å². The number of benzene rings is 1. The summed E-state index contributed by atoms with van der Waals surface area (Å²) in [7, 11) is -3.08. The van der Waals surface area contributed by atoms with Crippen molar-refractivity contribution in [1.82, 2.24) is 4.31 Å². The second-order valence-electron chi connectivity index (χ2n) is 4.57. The summed E-state index contributed by atoms with van der Waals surface area (Å²) in [5.74, 6) is 0. The average Bonchev–Trinajstić information content (AvgIpc) is 2.37. The number of hydrogen-bond donors (Lipinski definition) is 0. The zero-order valence-corrected chi connectivity index (χ0v) is 13.8. The lowest BCUT2D eigenvalue weighted by atomic mass is 10.2. The molecule has 0 bridgehead atoms. The Morgan fingerprint density at radius 3 is 2.37 bits per heavy atom. The molecule has 1 fully saturated rings. The van der Waals surface area contributed by atoms with Gasteiger partial charge >= 0.3 is 0 Å². The summed E-state index contributed by atoms with van der Waals surface area (Å²) in [4.78, 5) is 2.13. The topological polar surface area (TPSA) is 40.6 Å². The van der Waals surface area contributed by atoms with Crippen molar-refractivity contribution in [2.24, 2.45) is 0 Å². The first-order chi connectivity index (χ1) is 8.91. The molecule has 19 heavy (non-hydrogen) atoms. The number of alkyl halides is 1. The van der Waals surface area contributed by atoms with E-state index in [1.54, 1.807) is 0 Å². The van der Waals surface area contributed by atoms with Crippen molar-refractivity contribution in [3.05, 3.63) is 28.8 Å². The molecule has 1 heterocycles. The SMILES string of the molecule is CS(=O)(=O)N1CCN(c2ccc(CBr)cc2Cl)CC1. The van der Waals surface area contributed by atoms with Crippen molar-refractivity contribution >= 4 is 43.2 Å². The van der Waals surface area contributed by atoms with Crippen LogP contribution in [0.15, 0.2) is 18.2 Å². The third-order valence-electron chi connectivity index (χ3n) is 3.21. The van der Waals surface area contributed by atoms with Crippen LogP contribution in [0.1, 0.15) is 5.56 Å². The van der Waals surface area contributed by atoms with E-state index in [1.807, 2.05) is 18.2 Å². The van der Waals surface area contributed by atoms with Crippen LogP contribution < -0.4 is 4.90 Å². The Labute approximate surface area is 127 Å². The molecule has 0 spiro atoms. The van der Waals surface area contributed by atoms with Gasteiger partial charge in [-0.05, 0) is 17.7 Å². The van der Waals surface area contributed by atoms with Gasteiger partial charge in [0.1, 0.15) is 0 Å². The molecule has 0 N–H and O–H groups in total. The van der Waals surface area contributed by atoms with E-state index in [1.165, 1.54) is 10.6 Å². The number of hydrogen-bond acceptors (Lipinski definition) is 3. The van der Waals surface area contributed by atoms with Gasteiger partial charge in [-0.25, -0.2) is 8.42 Å². The van der Waals surface area contributed by atoms with Gasteiger partial charge in [0.25, 0.3) is 0 Å². The van der Waals surface area contributed by atoms with Crippen LogP contribution in [0.4, 0.5) is 5.69 Å². The van der Waals surface area contributed by atoms with Crippen molar-refractivity contribution < 1.29 is 8.42 Å². The molecule has 0 aliphatic carbocycles. The van der Waals surface area contributed by atoms with Crippen LogP contribution in [0.3, 0.4) is 0 Å². The Hall–Kier alpha value is -0.300. The summed E-state index contributed by atoms with van der Waals surface area (Å²) >= 11 is 9.67. The zero-order valence-electron chi connectivity index (χ0n) is 10.6. The monoisotopic (exact) mass is 366 g/mol. The lowest BCUT2D eigenvalue weighted by Gasteiger charge is -2.35. The van der Waals surface area contributed by atoms with E-state index in [9.17, 15) is 8.42 Å². The van der Waals surface area contributed by atoms with Crippen molar-refractivity contribution in [3.63, 3.8) is 0 Å². The normalized spacial score (nSPS) is 17.7. The highest BCUT2D eigenvalue weighted by Gasteiger charge is 2.24. The van der Waals surface area contributed by atoms with E-state index in [0.29, 0.717) is 31.2 Å². The Morgan fingerprint density at radius 1 is 1.26 bits per heavy atom. The minimum absolute atomic E-state index is 0.509. The lowest BCUT2D eigenvalue weighted by molar-refractivity contribution is 0.388. The van der Waals surface area contributed by atoms with Gasteiger partial charge in [0, 0.05) is 31.5 Å². The van der Waals surface area contributed by atoms with E-state index < -0.39 is 10.0 Å². The van der Waals surface area contributed by atoms with Gasteiger partial charge in [0.15, 0.2) is 0 Å². The molecule has 0 unspecified atom stereocenters. The van der Waals surface area contributed by atoms with Gasteiger partial charge < -0.3 is 4.90 Å². The minimum atomic E-state index is -3.08. The molecule has 1 aromatic rings. The van der Waals surface area contributed by atoms with Crippen LogP contribution in [0, 0.1) is 0 Å². The Kier molecular flexibility index (Phi) is 4.76. The van der Waals surface area contributed by atoms with Gasteiger partial charge in [-0.15, -0.1) is 0 Å². The molecule has 7 heteroatoms. The molecule has 0 radical (unpaired) electrons. The maximum absolute atomic E-state index is 11.5. The first-order valence-corrected chi connectivity index (χ1v) is 9.31. The number of nitrogens with zero attached hydrogens (tertiary/aromatic N) is 2. The van der Waals surface area contributed by atoms with Crippen molar-refractivity contribution in [2.75, 3.05) is 37.3 Å². The molecule has 1 aliphatic heterocycles. The lowest BCUT2D eigenvalue weighted by Crippen LogP contribution is -2.48. The summed E-state index contributed by atoms with van der Waals surface area (Å²) in [6, 6.07) is 5.96. The molecule has 1 saturated heterocycles. The quantitative estimate of drug-likeness (QED) is 0.770. The molecule has 4 nitrogen and oxygen atoms in total. The van der Waals surface area contributed by atoms with Gasteiger partial charge in [-0.2, -0.15) is 4.31 Å². The molecule has 0 aromatic heterocycles. The van der Waals surface area contributed by atoms with E-state index in [2.05, 4.69) is 20.8 Å². The first-order valence-electron chi connectivity index (χ1n) is 5.96. The summed E-state index contributed by atoms with van der Waals surface area (Å²) < 4.78 is 24.4. The highest BCUT2D eigenvalue weighted by atomic mass is 79.9. The Balaban J connectivity index is 2.10. The molecule has 2 rings (SSSR count). The highest BCUT2D eigenvalue weighted by molar-refractivity contribution is 9.08. The van der Waals surface area contributed by atoms with Crippen LogP contribution in [0.5, 0.6) is 0 Å². The molecular weight excluding hydrogens is 352 g/mol. The van der Waals surface area contributed by atoms with Gasteiger partial charge in [-0.1, -0.05) is 33.6 Å². The minimum Gasteiger partial charge on any atom is -0.368 e. The average molecular weight is 368 g/mol. The smallest absolute Gasteiger partial charge is 0.211 e. The third-order valence-corrected chi connectivity index (χ3v) is 5.47. The maximum atomic E-state index is 11.5. The predicted octanol–water partition coefficient (Wildman–Crippen LogP) is 2.32. The second-order valence-corrected chi connectivity index (χ2v) is 7.52. The summed E-state index contributed by atoms with van der Waals surface area (Å²) in [5.41, 5.74) is 2.10. The van der Waals surface area contributed by atoms with E-state index in [-0.39, 0.29) is 0 Å². The van der Waals surface area contributed by atoms with Gasteiger partial charge in [-0.3, -0.25) is 0 Å². The van der Waals surface area contributed by atoms with Crippen LogP contribution >= 0.6 is 27.5 Å². The van der Waals surface area contributed by atoms with Crippen molar-refractivity contribution in [3.8, 4) is 0 Å². The van der Waals surface area contributed by atoms with Gasteiger partial charge in [0.2, 0.25) is 10.0 Å². The molecule has 0 amide bonds. The summed E-state index contributed by atoms with van der Waals surface area (Å²) in [6.07, 6.45) is 1.25. The van der Waals surface area contributed by atoms with Crippen LogP contribution in [-0.2, 0) is 15.4 Å². The standard InChI is InChI=1S/C12H16BrClN2O2S/c1-19(17,18)16-6-4-15(5-7-16)12-3-2-10(9-13)8-11(12)14/h2-3,8H,4-7,9H2,1H3. The third kappa shape index (κ3) is 3.62. The van der Waals surface area contributed by atoms with Crippen LogP contribution in [0.25, 0.3) is 0 Å². The highest BCUT2D eigenvalue weighted by Crippen LogP contribution is 2.28. The molecular formula is C12H16BrClN2O2S. The van der Waals surface area contributed by atoms with Crippen molar-refractivity contribution in [1.29, 1.82) is 0 Å². The number of sulfonamides is 1. The van der Waals surface area contributed by atoms with E-state index >= 15 is 0 Å². The predicted molar refractivity (Wildman–Crippen MR) is 82.7 cm³/mol. The number of piperazine rings is 1.